The van der Waals surface area contributed by atoms with Crippen molar-refractivity contribution in [3.63, 3.8) is 0 Å². The van der Waals surface area contributed by atoms with Gasteiger partial charge in [0.1, 0.15) is 5.78 Å². The van der Waals surface area contributed by atoms with E-state index in [1.54, 1.807) is 27.7 Å². The van der Waals surface area contributed by atoms with Gasteiger partial charge in [-0.15, -0.1) is 12.2 Å². The van der Waals surface area contributed by atoms with Crippen molar-refractivity contribution in [2.45, 2.75) is 53.2 Å². The molecule has 0 rings (SSSR count). The Hall–Kier alpha value is -0.0699. The summed E-state index contributed by atoms with van der Waals surface area (Å²) < 4.78 is 0. The number of rotatable bonds is 2. The van der Waals surface area contributed by atoms with Gasteiger partial charge in [0.15, 0.2) is 0 Å². The smallest absolute Gasteiger partial charge is 0.852 e. The van der Waals surface area contributed by atoms with Crippen molar-refractivity contribution >= 4 is 37.6 Å². The fourth-order valence-electron chi connectivity index (χ4n) is 0.203. The van der Waals surface area contributed by atoms with E-state index in [-0.39, 0.29) is 31.6 Å². The number of hydrogen-bond donors (Lipinski definition) is 0. The standard InChI is InChI=1S/C4H6O3.2C3H7O.In/c1-3(5)2-4(6)7;2*1-3(2)4;/h2H2,1H3,(H,6,7);2*3H,1-2H3;/q;2*-1;+3/p-1. The molecule has 0 bridgehead atoms. The van der Waals surface area contributed by atoms with Gasteiger partial charge in [-0.1, -0.05) is 27.7 Å². The molecule has 0 aliphatic heterocycles. The van der Waals surface area contributed by atoms with Gasteiger partial charge in [0.05, 0.1) is 0 Å². The van der Waals surface area contributed by atoms with Crippen LogP contribution in [-0.2, 0) is 9.59 Å². The molecule has 0 saturated heterocycles. The number of carboxylic acids is 1. The van der Waals surface area contributed by atoms with Crippen molar-refractivity contribution in [3.05, 3.63) is 0 Å². The average molecular weight is 334 g/mol. The Morgan fingerprint density at radius 1 is 1.00 bits per heavy atom. The first-order valence-corrected chi connectivity index (χ1v) is 4.60. The largest absolute Gasteiger partial charge is 3.00 e. The Bertz CT molecular complexity index is 145. The fourth-order valence-corrected chi connectivity index (χ4v) is 0.203. The Kier molecular flexibility index (Phi) is 27.0. The summed E-state index contributed by atoms with van der Waals surface area (Å²) in [5.41, 5.74) is 0. The third-order valence-electron chi connectivity index (χ3n) is 0.393. The first-order valence-electron chi connectivity index (χ1n) is 4.60. The molecule has 0 aromatic carbocycles. The van der Waals surface area contributed by atoms with Crippen molar-refractivity contribution < 1.29 is 24.9 Å². The molecule has 0 aliphatic carbocycles. The average Bonchev–Trinajstić information content (AvgIpc) is 1.78. The molecule has 0 amide bonds. The molecule has 0 aromatic rings. The van der Waals surface area contributed by atoms with Crippen molar-refractivity contribution in [1.82, 2.24) is 0 Å². The van der Waals surface area contributed by atoms with E-state index in [4.69, 9.17) is 0 Å². The van der Waals surface area contributed by atoms with Crippen LogP contribution in [0.15, 0.2) is 0 Å². The van der Waals surface area contributed by atoms with Crippen molar-refractivity contribution in [3.8, 4) is 0 Å². The van der Waals surface area contributed by atoms with E-state index in [1.807, 2.05) is 0 Å². The van der Waals surface area contributed by atoms with E-state index in [2.05, 4.69) is 0 Å². The monoisotopic (exact) mass is 334 g/mol. The normalized spacial score (nSPS) is 8.06. The number of ketones is 1. The van der Waals surface area contributed by atoms with Crippen LogP contribution in [-0.4, -0.2) is 49.8 Å². The molecule has 0 fully saturated rings. The third kappa shape index (κ3) is 151. The van der Waals surface area contributed by atoms with Crippen LogP contribution >= 0.6 is 0 Å². The van der Waals surface area contributed by atoms with Crippen LogP contribution in [0.25, 0.3) is 0 Å². The molecule has 5 nitrogen and oxygen atoms in total. The molecule has 0 spiro atoms. The van der Waals surface area contributed by atoms with Gasteiger partial charge in [-0.25, -0.2) is 0 Å². The summed E-state index contributed by atoms with van der Waals surface area (Å²) in [5.74, 6) is -1.69. The van der Waals surface area contributed by atoms with E-state index < -0.39 is 24.6 Å². The predicted molar refractivity (Wildman–Crippen MR) is 56.3 cm³/mol. The van der Waals surface area contributed by atoms with Gasteiger partial charge >= 0.3 is 25.8 Å². The summed E-state index contributed by atoms with van der Waals surface area (Å²) in [6.45, 7) is 7.65. The van der Waals surface area contributed by atoms with Gasteiger partial charge in [-0.3, -0.25) is 4.79 Å². The maximum Gasteiger partial charge on any atom is 3.00 e. The maximum absolute atomic E-state index is 9.83. The second-order valence-corrected chi connectivity index (χ2v) is 3.35. The predicted octanol–water partition coefficient (Wildman–Crippen LogP) is -2.16. The second-order valence-electron chi connectivity index (χ2n) is 3.35. The van der Waals surface area contributed by atoms with Crippen molar-refractivity contribution in [2.75, 3.05) is 0 Å². The van der Waals surface area contributed by atoms with Gasteiger partial charge < -0.3 is 20.1 Å². The van der Waals surface area contributed by atoms with E-state index in [0.29, 0.717) is 0 Å². The van der Waals surface area contributed by atoms with E-state index in [9.17, 15) is 24.9 Å². The van der Waals surface area contributed by atoms with Crippen LogP contribution in [0.1, 0.15) is 41.0 Å². The topological polar surface area (TPSA) is 103 Å². The van der Waals surface area contributed by atoms with Crippen LogP contribution in [0.3, 0.4) is 0 Å². The molecule has 92 valence electrons. The first kappa shape index (κ1) is 24.9. The summed E-state index contributed by atoms with van der Waals surface area (Å²) in [6.07, 6.45) is -1.31. The number of aliphatic carboxylic acids is 1. The van der Waals surface area contributed by atoms with Crippen molar-refractivity contribution in [2.24, 2.45) is 0 Å². The van der Waals surface area contributed by atoms with E-state index >= 15 is 0 Å². The molecule has 0 heterocycles. The minimum absolute atomic E-state index is 0. The molecule has 0 aliphatic rings. The summed E-state index contributed by atoms with van der Waals surface area (Å²) >= 11 is 0. The Morgan fingerprint density at radius 3 is 1.19 bits per heavy atom. The number of Topliss-reactive ketones (excluding diaryl/α,β-unsaturated/α-hetero) is 1. The minimum atomic E-state index is -1.31. The van der Waals surface area contributed by atoms with Crippen LogP contribution in [0.5, 0.6) is 0 Å². The summed E-state index contributed by atoms with van der Waals surface area (Å²) in [4.78, 5) is 19.3. The molecular weight excluding hydrogens is 315 g/mol. The van der Waals surface area contributed by atoms with Crippen LogP contribution in [0.4, 0.5) is 0 Å². The zero-order valence-electron chi connectivity index (χ0n) is 10.5. The number of carbonyl (C=O) groups excluding carboxylic acids is 2. The molecule has 6 heteroatoms. The van der Waals surface area contributed by atoms with E-state index in [1.165, 1.54) is 6.92 Å². The quantitative estimate of drug-likeness (QED) is 0.536. The molecule has 0 unspecified atom stereocenters. The zero-order valence-corrected chi connectivity index (χ0v) is 13.8. The summed E-state index contributed by atoms with van der Waals surface area (Å²) in [5, 5.41) is 28.5. The van der Waals surface area contributed by atoms with Crippen LogP contribution < -0.4 is 15.3 Å². The maximum atomic E-state index is 9.83. The van der Waals surface area contributed by atoms with Gasteiger partial charge in [0.2, 0.25) is 0 Å². The third-order valence-corrected chi connectivity index (χ3v) is 0.393. The van der Waals surface area contributed by atoms with Crippen LogP contribution in [0.2, 0.25) is 0 Å². The Balaban J connectivity index is -0.0000000700. The first-order chi connectivity index (χ1) is 6.59. The zero-order chi connectivity index (χ0) is 13.0. The molecule has 0 radical (unpaired) electrons. The minimum Gasteiger partial charge on any atom is -0.852 e. The van der Waals surface area contributed by atoms with Crippen molar-refractivity contribution in [1.29, 1.82) is 0 Å². The van der Waals surface area contributed by atoms with E-state index in [0.717, 1.165) is 0 Å². The number of carbonyl (C=O) groups is 2. The number of hydrogen-bond acceptors (Lipinski definition) is 5. The van der Waals surface area contributed by atoms with Gasteiger partial charge in [-0.2, -0.15) is 0 Å². The van der Waals surface area contributed by atoms with Crippen LogP contribution in [0, 0.1) is 0 Å². The SMILES string of the molecule is CC(=O)CC(=O)[O-].CC(C)[O-].CC(C)[O-].[In+3]. The Labute approximate surface area is 116 Å². The molecule has 0 aromatic heterocycles. The molecule has 0 saturated carbocycles. The molecule has 0 atom stereocenters. The molecular formula is C10H19InO5. The fraction of sp³-hybridized carbons (Fsp3) is 0.800. The summed E-state index contributed by atoms with van der Waals surface area (Å²) in [7, 11) is 0. The Morgan fingerprint density at radius 2 is 1.19 bits per heavy atom. The van der Waals surface area contributed by atoms with Gasteiger partial charge in [-0.05, 0) is 6.92 Å². The molecule has 16 heavy (non-hydrogen) atoms. The number of carboxylic acid groups (broad SMARTS) is 1. The summed E-state index contributed by atoms with van der Waals surface area (Å²) in [6, 6.07) is 0. The van der Waals surface area contributed by atoms with Gasteiger partial charge in [0.25, 0.3) is 0 Å². The second kappa shape index (κ2) is 17.3. The molecule has 0 N–H and O–H groups in total. The van der Waals surface area contributed by atoms with Gasteiger partial charge in [0, 0.05) is 12.4 Å².